The molecule has 0 radical (unpaired) electrons. The van der Waals surface area contributed by atoms with Gasteiger partial charge in [-0.3, -0.25) is 4.79 Å². The molecule has 1 amide bonds. The number of hydrogen-bond acceptors (Lipinski definition) is 2. The molecule has 1 N–H and O–H groups in total. The van der Waals surface area contributed by atoms with Crippen LogP contribution in [-0.4, -0.2) is 24.0 Å². The van der Waals surface area contributed by atoms with Crippen molar-refractivity contribution in [1.29, 1.82) is 0 Å². The molecule has 0 saturated carbocycles. The second-order valence-electron chi connectivity index (χ2n) is 2.92. The lowest BCUT2D eigenvalue weighted by molar-refractivity contribution is -0.124. The number of rotatable bonds is 3. The molecule has 0 unspecified atom stereocenters. The minimum Gasteiger partial charge on any atom is -0.352 e. The molecule has 0 aromatic rings. The first-order chi connectivity index (χ1) is 5.84. The van der Waals surface area contributed by atoms with Crippen LogP contribution in [0.3, 0.4) is 0 Å². The molecule has 1 fully saturated rings. The highest BCUT2D eigenvalue weighted by molar-refractivity contribution is 7.99. The topological polar surface area (TPSA) is 29.1 Å². The normalized spacial score (nSPS) is 18.7. The molecule has 1 aliphatic heterocycles. The molecule has 0 bridgehead atoms. The minimum absolute atomic E-state index is 0.204. The van der Waals surface area contributed by atoms with E-state index in [1.807, 2.05) is 11.8 Å². The Morgan fingerprint density at radius 2 is 2.25 bits per heavy atom. The lowest BCUT2D eigenvalue weighted by Gasteiger charge is -2.19. The van der Waals surface area contributed by atoms with Gasteiger partial charge in [0.05, 0.1) is 0 Å². The lowest BCUT2D eigenvalue weighted by Crippen LogP contribution is -2.32. The second-order valence-corrected chi connectivity index (χ2v) is 4.15. The van der Waals surface area contributed by atoms with Crippen LogP contribution in [0.25, 0.3) is 0 Å². The molecular weight excluding hydrogens is 170 g/mol. The van der Waals surface area contributed by atoms with Crippen LogP contribution in [0.1, 0.15) is 12.8 Å². The van der Waals surface area contributed by atoms with Gasteiger partial charge in [0.2, 0.25) is 5.91 Å². The number of thioether (sulfide) groups is 1. The van der Waals surface area contributed by atoms with Crippen molar-refractivity contribution >= 4 is 17.7 Å². The van der Waals surface area contributed by atoms with E-state index < -0.39 is 0 Å². The Bertz CT molecular complexity index is 164. The molecule has 0 aromatic heterocycles. The van der Waals surface area contributed by atoms with Crippen LogP contribution in [0.2, 0.25) is 0 Å². The van der Waals surface area contributed by atoms with Gasteiger partial charge in [0, 0.05) is 12.5 Å². The van der Waals surface area contributed by atoms with Crippen molar-refractivity contribution in [3.8, 4) is 0 Å². The Hall–Kier alpha value is -0.440. The smallest absolute Gasteiger partial charge is 0.223 e. The Morgan fingerprint density at radius 1 is 1.58 bits per heavy atom. The van der Waals surface area contributed by atoms with E-state index >= 15 is 0 Å². The van der Waals surface area contributed by atoms with E-state index in [1.165, 1.54) is 0 Å². The minimum atomic E-state index is 0.204. The highest BCUT2D eigenvalue weighted by Gasteiger charge is 2.20. The number of nitrogens with one attached hydrogen (secondary N) is 1. The summed E-state index contributed by atoms with van der Waals surface area (Å²) in [6, 6.07) is 0. The van der Waals surface area contributed by atoms with Crippen LogP contribution in [-0.2, 0) is 4.79 Å². The fraction of sp³-hybridized carbons (Fsp3) is 0.667. The zero-order chi connectivity index (χ0) is 8.81. The molecule has 0 spiro atoms. The van der Waals surface area contributed by atoms with Crippen molar-refractivity contribution in [1.82, 2.24) is 5.32 Å². The van der Waals surface area contributed by atoms with E-state index in [0.717, 1.165) is 24.3 Å². The van der Waals surface area contributed by atoms with E-state index in [0.29, 0.717) is 6.54 Å². The van der Waals surface area contributed by atoms with Crippen LogP contribution in [0.5, 0.6) is 0 Å². The molecule has 3 heteroatoms. The van der Waals surface area contributed by atoms with Crippen molar-refractivity contribution < 1.29 is 4.79 Å². The molecule has 2 nitrogen and oxygen atoms in total. The number of amides is 1. The molecule has 1 heterocycles. The maximum Gasteiger partial charge on any atom is 0.223 e. The fourth-order valence-corrected chi connectivity index (χ4v) is 2.38. The largest absolute Gasteiger partial charge is 0.352 e. The Morgan fingerprint density at radius 3 is 2.83 bits per heavy atom. The average molecular weight is 185 g/mol. The van der Waals surface area contributed by atoms with Gasteiger partial charge in [0.15, 0.2) is 0 Å². The number of carbonyl (C=O) groups is 1. The SMILES string of the molecule is C=CCNC(=O)C1CCSCC1. The molecule has 0 aliphatic carbocycles. The summed E-state index contributed by atoms with van der Waals surface area (Å²) in [5.74, 6) is 2.72. The molecule has 1 saturated heterocycles. The third kappa shape index (κ3) is 2.89. The monoisotopic (exact) mass is 185 g/mol. The Balaban J connectivity index is 2.24. The van der Waals surface area contributed by atoms with E-state index in [-0.39, 0.29) is 11.8 Å². The average Bonchev–Trinajstić information content (AvgIpc) is 2.15. The first-order valence-electron chi connectivity index (χ1n) is 4.31. The molecule has 0 aromatic carbocycles. The molecule has 68 valence electrons. The van der Waals surface area contributed by atoms with Gasteiger partial charge in [-0.15, -0.1) is 6.58 Å². The van der Waals surface area contributed by atoms with E-state index in [2.05, 4.69) is 11.9 Å². The van der Waals surface area contributed by atoms with Gasteiger partial charge >= 0.3 is 0 Å². The zero-order valence-electron chi connectivity index (χ0n) is 7.21. The third-order valence-electron chi connectivity index (χ3n) is 2.01. The van der Waals surface area contributed by atoms with Gasteiger partial charge in [-0.1, -0.05) is 6.08 Å². The first-order valence-corrected chi connectivity index (χ1v) is 5.46. The standard InChI is InChI=1S/C9H15NOS/c1-2-5-10-9(11)8-3-6-12-7-4-8/h2,8H,1,3-7H2,(H,10,11). The molecule has 0 atom stereocenters. The summed E-state index contributed by atoms with van der Waals surface area (Å²) in [7, 11) is 0. The van der Waals surface area contributed by atoms with Gasteiger partial charge in [0.25, 0.3) is 0 Å². The van der Waals surface area contributed by atoms with E-state index in [4.69, 9.17) is 0 Å². The van der Waals surface area contributed by atoms with Crippen LogP contribution in [0, 0.1) is 5.92 Å². The first kappa shape index (κ1) is 9.65. The van der Waals surface area contributed by atoms with Gasteiger partial charge in [0.1, 0.15) is 0 Å². The quantitative estimate of drug-likeness (QED) is 0.674. The maximum atomic E-state index is 11.4. The second kappa shape index (κ2) is 5.25. The predicted octanol–water partition coefficient (Wildman–Crippen LogP) is 1.43. The number of carbonyl (C=O) groups excluding carboxylic acids is 1. The van der Waals surface area contributed by atoms with Crippen molar-refractivity contribution in [2.45, 2.75) is 12.8 Å². The number of hydrogen-bond donors (Lipinski definition) is 1. The van der Waals surface area contributed by atoms with Gasteiger partial charge < -0.3 is 5.32 Å². The van der Waals surface area contributed by atoms with Crippen molar-refractivity contribution in [3.63, 3.8) is 0 Å². The third-order valence-corrected chi connectivity index (χ3v) is 3.06. The van der Waals surface area contributed by atoms with Gasteiger partial charge in [-0.05, 0) is 24.3 Å². The maximum absolute atomic E-state index is 11.4. The summed E-state index contributed by atoms with van der Waals surface area (Å²) < 4.78 is 0. The van der Waals surface area contributed by atoms with Crippen molar-refractivity contribution in [2.24, 2.45) is 5.92 Å². The summed E-state index contributed by atoms with van der Waals surface area (Å²) in [4.78, 5) is 11.4. The van der Waals surface area contributed by atoms with Crippen molar-refractivity contribution in [2.75, 3.05) is 18.1 Å². The van der Waals surface area contributed by atoms with Crippen LogP contribution >= 0.6 is 11.8 Å². The molecule has 1 rings (SSSR count). The van der Waals surface area contributed by atoms with E-state index in [9.17, 15) is 4.79 Å². The Kier molecular flexibility index (Phi) is 4.22. The van der Waals surface area contributed by atoms with Crippen LogP contribution < -0.4 is 5.32 Å². The fourth-order valence-electron chi connectivity index (χ4n) is 1.28. The highest BCUT2D eigenvalue weighted by Crippen LogP contribution is 2.22. The summed E-state index contributed by atoms with van der Waals surface area (Å²) in [5, 5.41) is 2.84. The summed E-state index contributed by atoms with van der Waals surface area (Å²) >= 11 is 1.94. The van der Waals surface area contributed by atoms with Gasteiger partial charge in [-0.25, -0.2) is 0 Å². The summed E-state index contributed by atoms with van der Waals surface area (Å²) in [5.41, 5.74) is 0. The van der Waals surface area contributed by atoms with Gasteiger partial charge in [-0.2, -0.15) is 11.8 Å². The zero-order valence-corrected chi connectivity index (χ0v) is 8.03. The Labute approximate surface area is 77.8 Å². The highest BCUT2D eigenvalue weighted by atomic mass is 32.2. The molecule has 12 heavy (non-hydrogen) atoms. The molecule has 1 aliphatic rings. The van der Waals surface area contributed by atoms with Crippen LogP contribution in [0.4, 0.5) is 0 Å². The van der Waals surface area contributed by atoms with Crippen LogP contribution in [0.15, 0.2) is 12.7 Å². The lowest BCUT2D eigenvalue weighted by atomic mass is 10.0. The summed E-state index contributed by atoms with van der Waals surface area (Å²) in [6.45, 7) is 4.16. The van der Waals surface area contributed by atoms with E-state index in [1.54, 1.807) is 6.08 Å². The van der Waals surface area contributed by atoms with Crippen molar-refractivity contribution in [3.05, 3.63) is 12.7 Å². The summed E-state index contributed by atoms with van der Waals surface area (Å²) in [6.07, 6.45) is 3.79. The molecular formula is C9H15NOS. The predicted molar refractivity (Wildman–Crippen MR) is 53.3 cm³/mol.